The molecule has 0 atom stereocenters. The number of hydrogen-bond donors (Lipinski definition) is 0. The van der Waals surface area contributed by atoms with E-state index < -0.39 is 0 Å². The summed E-state index contributed by atoms with van der Waals surface area (Å²) in [5.41, 5.74) is 0. The van der Waals surface area contributed by atoms with Crippen molar-refractivity contribution in [3.8, 4) is 0 Å². The molecule has 0 rings (SSSR count). The van der Waals surface area contributed by atoms with Crippen molar-refractivity contribution in [3.63, 3.8) is 0 Å². The van der Waals surface area contributed by atoms with Crippen molar-refractivity contribution in [1.82, 2.24) is 5.01 Å². The highest BCUT2D eigenvalue weighted by atomic mass is 15.4. The molecule has 0 unspecified atom stereocenters. The topological polar surface area (TPSA) is 15.6 Å². The molecule has 0 saturated heterocycles. The van der Waals surface area contributed by atoms with Gasteiger partial charge in [0.15, 0.2) is 0 Å². The summed E-state index contributed by atoms with van der Waals surface area (Å²) in [6, 6.07) is 0. The maximum atomic E-state index is 4.10. The van der Waals surface area contributed by atoms with Crippen molar-refractivity contribution in [2.75, 3.05) is 14.1 Å². The van der Waals surface area contributed by atoms with Gasteiger partial charge in [-0.15, -0.1) is 0 Å². The van der Waals surface area contributed by atoms with E-state index >= 15 is 0 Å². The van der Waals surface area contributed by atoms with E-state index in [1.165, 1.54) is 19.3 Å². The Labute approximate surface area is 63.9 Å². The smallest absolute Gasteiger partial charge is 0.0244 e. The molecule has 0 radical (unpaired) electrons. The zero-order chi connectivity index (χ0) is 7.82. The molecule has 0 aromatic heterocycles. The molecule has 0 aliphatic heterocycles. The molecule has 0 amide bonds. The van der Waals surface area contributed by atoms with Gasteiger partial charge in [0.1, 0.15) is 0 Å². The lowest BCUT2D eigenvalue weighted by Gasteiger charge is -2.01. The SMILES string of the molecule is CCCCCC=NN(C)C. The van der Waals surface area contributed by atoms with Crippen LogP contribution in [0.4, 0.5) is 0 Å². The third-order valence-corrected chi connectivity index (χ3v) is 1.25. The zero-order valence-electron chi connectivity index (χ0n) is 7.30. The van der Waals surface area contributed by atoms with Crippen molar-refractivity contribution in [2.45, 2.75) is 32.6 Å². The molecule has 10 heavy (non-hydrogen) atoms. The second-order valence-electron chi connectivity index (χ2n) is 2.64. The minimum absolute atomic E-state index is 1.12. The number of nitrogens with zero attached hydrogens (tertiary/aromatic N) is 2. The van der Waals surface area contributed by atoms with Crippen LogP contribution in [0.15, 0.2) is 5.10 Å². The van der Waals surface area contributed by atoms with E-state index in [2.05, 4.69) is 12.0 Å². The van der Waals surface area contributed by atoms with E-state index in [-0.39, 0.29) is 0 Å². The van der Waals surface area contributed by atoms with Crippen LogP contribution in [0.25, 0.3) is 0 Å². The predicted octanol–water partition coefficient (Wildman–Crippen LogP) is 2.11. The molecule has 0 aromatic carbocycles. The molecular weight excluding hydrogens is 124 g/mol. The summed E-state index contributed by atoms with van der Waals surface area (Å²) < 4.78 is 0. The first-order valence-electron chi connectivity index (χ1n) is 3.97. The molecule has 0 heterocycles. The summed E-state index contributed by atoms with van der Waals surface area (Å²) in [7, 11) is 3.88. The number of unbranched alkanes of at least 4 members (excludes halogenated alkanes) is 3. The summed E-state index contributed by atoms with van der Waals surface area (Å²) in [5, 5.41) is 5.93. The summed E-state index contributed by atoms with van der Waals surface area (Å²) >= 11 is 0. The summed E-state index contributed by atoms with van der Waals surface area (Å²) in [4.78, 5) is 0. The van der Waals surface area contributed by atoms with E-state index in [1.807, 2.05) is 25.3 Å². The minimum Gasteiger partial charge on any atom is -0.303 e. The van der Waals surface area contributed by atoms with E-state index in [0.29, 0.717) is 0 Å². The van der Waals surface area contributed by atoms with Crippen molar-refractivity contribution >= 4 is 6.21 Å². The Kier molecular flexibility index (Phi) is 6.24. The van der Waals surface area contributed by atoms with Crippen molar-refractivity contribution in [2.24, 2.45) is 5.10 Å². The molecule has 0 bridgehead atoms. The van der Waals surface area contributed by atoms with Gasteiger partial charge in [0, 0.05) is 20.3 Å². The largest absolute Gasteiger partial charge is 0.303 e. The minimum atomic E-state index is 1.12. The first-order chi connectivity index (χ1) is 4.77. The van der Waals surface area contributed by atoms with E-state index in [4.69, 9.17) is 0 Å². The van der Waals surface area contributed by atoms with Crippen LogP contribution in [-0.4, -0.2) is 25.3 Å². The molecule has 0 N–H and O–H groups in total. The molecule has 2 nitrogen and oxygen atoms in total. The molecule has 0 aliphatic carbocycles. The Bertz CT molecular complexity index is 87.3. The third kappa shape index (κ3) is 7.47. The average Bonchev–Trinajstić information content (AvgIpc) is 1.87. The Balaban J connectivity index is 3.02. The highest BCUT2D eigenvalue weighted by molar-refractivity contribution is 5.56. The van der Waals surface area contributed by atoms with Crippen LogP contribution in [0.1, 0.15) is 32.6 Å². The van der Waals surface area contributed by atoms with Gasteiger partial charge >= 0.3 is 0 Å². The van der Waals surface area contributed by atoms with E-state index in [9.17, 15) is 0 Å². The van der Waals surface area contributed by atoms with Crippen LogP contribution < -0.4 is 0 Å². The lowest BCUT2D eigenvalue weighted by molar-refractivity contribution is 0.438. The molecule has 0 fully saturated rings. The molecule has 0 spiro atoms. The van der Waals surface area contributed by atoms with Crippen LogP contribution in [-0.2, 0) is 0 Å². The Hall–Kier alpha value is -0.530. The fraction of sp³-hybridized carbons (Fsp3) is 0.875. The lowest BCUT2D eigenvalue weighted by Crippen LogP contribution is -2.01. The molecular formula is C8H18N2. The highest BCUT2D eigenvalue weighted by Gasteiger charge is 1.81. The van der Waals surface area contributed by atoms with Gasteiger partial charge in [0.2, 0.25) is 0 Å². The zero-order valence-corrected chi connectivity index (χ0v) is 7.30. The Morgan fingerprint density at radius 1 is 1.30 bits per heavy atom. The first-order valence-corrected chi connectivity index (χ1v) is 3.97. The third-order valence-electron chi connectivity index (χ3n) is 1.25. The van der Waals surface area contributed by atoms with Crippen LogP contribution in [0, 0.1) is 0 Å². The van der Waals surface area contributed by atoms with Crippen LogP contribution >= 0.6 is 0 Å². The summed E-state index contributed by atoms with van der Waals surface area (Å²) in [5.74, 6) is 0. The van der Waals surface area contributed by atoms with Gasteiger partial charge in [-0.25, -0.2) is 0 Å². The van der Waals surface area contributed by atoms with Gasteiger partial charge < -0.3 is 5.01 Å². The number of hydrazone groups is 1. The first kappa shape index (κ1) is 9.47. The number of hydrogen-bond acceptors (Lipinski definition) is 2. The standard InChI is InChI=1S/C8H18N2/c1-4-5-6-7-8-9-10(2)3/h8H,4-7H2,1-3H3. The van der Waals surface area contributed by atoms with Crippen molar-refractivity contribution < 1.29 is 0 Å². The normalized spacial score (nSPS) is 10.7. The van der Waals surface area contributed by atoms with Crippen molar-refractivity contribution in [3.05, 3.63) is 0 Å². The second kappa shape index (κ2) is 6.59. The monoisotopic (exact) mass is 142 g/mol. The van der Waals surface area contributed by atoms with Gasteiger partial charge in [0.05, 0.1) is 0 Å². The fourth-order valence-corrected chi connectivity index (χ4v) is 0.707. The fourth-order valence-electron chi connectivity index (χ4n) is 0.707. The predicted molar refractivity (Wildman–Crippen MR) is 46.3 cm³/mol. The van der Waals surface area contributed by atoms with Gasteiger partial charge in [0.25, 0.3) is 0 Å². The summed E-state index contributed by atoms with van der Waals surface area (Å²) in [6.45, 7) is 2.21. The molecule has 60 valence electrons. The van der Waals surface area contributed by atoms with Gasteiger partial charge in [-0.3, -0.25) is 0 Å². The Morgan fingerprint density at radius 3 is 2.50 bits per heavy atom. The molecule has 0 aromatic rings. The highest BCUT2D eigenvalue weighted by Crippen LogP contribution is 1.95. The average molecular weight is 142 g/mol. The van der Waals surface area contributed by atoms with E-state index in [1.54, 1.807) is 0 Å². The van der Waals surface area contributed by atoms with Gasteiger partial charge in [-0.05, 0) is 12.8 Å². The summed E-state index contributed by atoms with van der Waals surface area (Å²) in [6.07, 6.45) is 6.98. The van der Waals surface area contributed by atoms with Gasteiger partial charge in [-0.1, -0.05) is 19.8 Å². The molecule has 0 saturated carbocycles. The number of rotatable bonds is 5. The maximum Gasteiger partial charge on any atom is 0.0244 e. The van der Waals surface area contributed by atoms with E-state index in [0.717, 1.165) is 6.42 Å². The quantitative estimate of drug-likeness (QED) is 0.326. The molecule has 0 aliphatic rings. The van der Waals surface area contributed by atoms with Crippen LogP contribution in [0.3, 0.4) is 0 Å². The van der Waals surface area contributed by atoms with Crippen LogP contribution in [0.2, 0.25) is 0 Å². The van der Waals surface area contributed by atoms with Gasteiger partial charge in [-0.2, -0.15) is 5.10 Å². The maximum absolute atomic E-state index is 4.10. The van der Waals surface area contributed by atoms with Crippen molar-refractivity contribution in [1.29, 1.82) is 0 Å². The lowest BCUT2D eigenvalue weighted by atomic mass is 10.2. The second-order valence-corrected chi connectivity index (χ2v) is 2.64. The van der Waals surface area contributed by atoms with Crippen LogP contribution in [0.5, 0.6) is 0 Å². The Morgan fingerprint density at radius 2 is 2.00 bits per heavy atom. The molecule has 2 heteroatoms.